The molecule has 1 fully saturated rings. The fraction of sp³-hybridized carbons (Fsp3) is 0.364. The fourth-order valence-corrected chi connectivity index (χ4v) is 4.17. The molecule has 4 atom stereocenters. The highest BCUT2D eigenvalue weighted by Gasteiger charge is 2.47. The highest BCUT2D eigenvalue weighted by Crippen LogP contribution is 2.30. The van der Waals surface area contributed by atoms with E-state index in [2.05, 4.69) is 10.6 Å². The second kappa shape index (κ2) is 9.30. The van der Waals surface area contributed by atoms with Crippen LogP contribution in [0.4, 0.5) is 14.9 Å². The van der Waals surface area contributed by atoms with Gasteiger partial charge in [-0.2, -0.15) is 0 Å². The van der Waals surface area contributed by atoms with Gasteiger partial charge in [-0.1, -0.05) is 51.1 Å². The SMILES string of the molecule is CC(C)[C@H]1NC(=O)N([C@H](C(=O)Nc2ccc(I)cc2F)[C@@H](C)c2ccccc2)[C@@H]1O. The van der Waals surface area contributed by atoms with Crippen molar-refractivity contribution in [2.75, 3.05) is 5.32 Å². The van der Waals surface area contributed by atoms with E-state index in [1.165, 1.54) is 17.0 Å². The van der Waals surface area contributed by atoms with Crippen molar-refractivity contribution >= 4 is 40.2 Å². The molecule has 3 amide bonds. The molecule has 2 aromatic carbocycles. The second-order valence-corrected chi connectivity index (χ2v) is 9.04. The summed E-state index contributed by atoms with van der Waals surface area (Å²) >= 11 is 1.99. The number of anilines is 1. The van der Waals surface area contributed by atoms with E-state index < -0.39 is 42.0 Å². The molecule has 30 heavy (non-hydrogen) atoms. The van der Waals surface area contributed by atoms with Gasteiger partial charge in [0.2, 0.25) is 5.91 Å². The highest BCUT2D eigenvalue weighted by atomic mass is 127. The third kappa shape index (κ3) is 4.59. The van der Waals surface area contributed by atoms with Crippen molar-refractivity contribution in [1.82, 2.24) is 10.2 Å². The molecular formula is C22H25FIN3O3. The normalized spacial score (nSPS) is 20.8. The van der Waals surface area contributed by atoms with Gasteiger partial charge in [-0.3, -0.25) is 9.69 Å². The Morgan fingerprint density at radius 1 is 1.20 bits per heavy atom. The number of aliphatic hydroxyl groups is 1. The molecule has 1 heterocycles. The smallest absolute Gasteiger partial charge is 0.320 e. The Morgan fingerprint density at radius 2 is 1.87 bits per heavy atom. The number of hydrogen-bond acceptors (Lipinski definition) is 3. The van der Waals surface area contributed by atoms with Crippen LogP contribution in [-0.2, 0) is 4.79 Å². The van der Waals surface area contributed by atoms with E-state index in [1.54, 1.807) is 6.07 Å². The molecule has 0 spiro atoms. The predicted molar refractivity (Wildman–Crippen MR) is 121 cm³/mol. The van der Waals surface area contributed by atoms with Crippen LogP contribution < -0.4 is 10.6 Å². The van der Waals surface area contributed by atoms with Crippen LogP contribution in [0, 0.1) is 15.3 Å². The van der Waals surface area contributed by atoms with Crippen molar-refractivity contribution in [2.45, 2.75) is 45.0 Å². The van der Waals surface area contributed by atoms with Crippen LogP contribution >= 0.6 is 22.6 Å². The zero-order valence-corrected chi connectivity index (χ0v) is 19.1. The molecule has 160 valence electrons. The van der Waals surface area contributed by atoms with Crippen molar-refractivity contribution in [3.8, 4) is 0 Å². The van der Waals surface area contributed by atoms with E-state index in [4.69, 9.17) is 0 Å². The summed E-state index contributed by atoms with van der Waals surface area (Å²) < 4.78 is 15.0. The molecule has 3 N–H and O–H groups in total. The first-order chi connectivity index (χ1) is 14.2. The average molecular weight is 525 g/mol. The van der Waals surface area contributed by atoms with Crippen molar-refractivity contribution in [3.63, 3.8) is 0 Å². The Bertz CT molecular complexity index is 925. The Morgan fingerprint density at radius 3 is 2.43 bits per heavy atom. The summed E-state index contributed by atoms with van der Waals surface area (Å²) in [5.74, 6) is -1.60. The number of amides is 3. The Labute approximate surface area is 189 Å². The lowest BCUT2D eigenvalue weighted by Crippen LogP contribution is -2.52. The van der Waals surface area contributed by atoms with Gasteiger partial charge in [-0.15, -0.1) is 0 Å². The van der Waals surface area contributed by atoms with Gasteiger partial charge in [0, 0.05) is 9.49 Å². The highest BCUT2D eigenvalue weighted by molar-refractivity contribution is 14.1. The fourth-order valence-electron chi connectivity index (χ4n) is 3.72. The van der Waals surface area contributed by atoms with Gasteiger partial charge >= 0.3 is 6.03 Å². The molecule has 2 aromatic rings. The summed E-state index contributed by atoms with van der Waals surface area (Å²) in [5, 5.41) is 16.2. The number of carbonyl (C=O) groups is 2. The lowest BCUT2D eigenvalue weighted by molar-refractivity contribution is -0.124. The maximum absolute atomic E-state index is 14.3. The minimum atomic E-state index is -1.18. The molecule has 1 aliphatic rings. The number of nitrogens with one attached hydrogen (secondary N) is 2. The quantitative estimate of drug-likeness (QED) is 0.501. The summed E-state index contributed by atoms with van der Waals surface area (Å²) in [5.41, 5.74) is 0.855. The van der Waals surface area contributed by atoms with Crippen molar-refractivity contribution in [3.05, 3.63) is 63.5 Å². The first-order valence-corrected chi connectivity index (χ1v) is 10.9. The van der Waals surface area contributed by atoms with Crippen LogP contribution in [0.15, 0.2) is 48.5 Å². The van der Waals surface area contributed by atoms with Crippen LogP contribution in [-0.4, -0.2) is 40.3 Å². The molecule has 3 rings (SSSR count). The van der Waals surface area contributed by atoms with E-state index in [0.717, 1.165) is 5.56 Å². The molecule has 0 unspecified atom stereocenters. The number of urea groups is 1. The molecule has 0 saturated carbocycles. The minimum absolute atomic E-state index is 0.0279. The largest absolute Gasteiger partial charge is 0.371 e. The molecule has 0 aliphatic carbocycles. The van der Waals surface area contributed by atoms with E-state index in [-0.39, 0.29) is 11.6 Å². The molecule has 8 heteroatoms. The van der Waals surface area contributed by atoms with Crippen LogP contribution in [0.2, 0.25) is 0 Å². The first-order valence-electron chi connectivity index (χ1n) is 9.78. The van der Waals surface area contributed by atoms with E-state index >= 15 is 0 Å². The first kappa shape index (κ1) is 22.5. The molecule has 0 aromatic heterocycles. The Kier molecular flexibility index (Phi) is 6.97. The van der Waals surface area contributed by atoms with Crippen LogP contribution in [0.5, 0.6) is 0 Å². The lowest BCUT2D eigenvalue weighted by Gasteiger charge is -2.34. The summed E-state index contributed by atoms with van der Waals surface area (Å²) in [4.78, 5) is 27.2. The summed E-state index contributed by atoms with van der Waals surface area (Å²) in [7, 11) is 0. The van der Waals surface area contributed by atoms with Gasteiger partial charge in [0.05, 0.1) is 11.7 Å². The number of nitrogens with zero attached hydrogens (tertiary/aromatic N) is 1. The van der Waals surface area contributed by atoms with Gasteiger partial charge in [-0.25, -0.2) is 9.18 Å². The standard InChI is InChI=1S/C22H25FIN3O3/c1-12(2)18-21(29)27(22(30)26-18)19(13(3)14-7-5-4-6-8-14)20(28)25-17-10-9-15(24)11-16(17)23/h4-13,18-19,21,29H,1-3H3,(H,25,28)(H,26,30)/t13-,18+,19-,21+/m0/s1. The number of hydrogen-bond donors (Lipinski definition) is 3. The molecule has 1 saturated heterocycles. The van der Waals surface area contributed by atoms with Gasteiger partial charge in [-0.05, 0) is 52.3 Å². The van der Waals surface area contributed by atoms with Crippen molar-refractivity contribution in [1.29, 1.82) is 0 Å². The molecule has 0 bridgehead atoms. The van der Waals surface area contributed by atoms with Gasteiger partial charge in [0.1, 0.15) is 11.9 Å². The number of aliphatic hydroxyl groups excluding tert-OH is 1. The van der Waals surface area contributed by atoms with E-state index in [9.17, 15) is 19.1 Å². The predicted octanol–water partition coefficient (Wildman–Crippen LogP) is 3.91. The van der Waals surface area contributed by atoms with Gasteiger partial charge < -0.3 is 15.7 Å². The third-order valence-electron chi connectivity index (χ3n) is 5.41. The van der Waals surface area contributed by atoms with Crippen molar-refractivity contribution < 1.29 is 19.1 Å². The minimum Gasteiger partial charge on any atom is -0.371 e. The zero-order chi connectivity index (χ0) is 22.0. The summed E-state index contributed by atoms with van der Waals surface area (Å²) in [6.07, 6.45) is -1.18. The average Bonchev–Trinajstić information content (AvgIpc) is 3.00. The molecule has 1 aliphatic heterocycles. The Balaban J connectivity index is 1.97. The maximum Gasteiger partial charge on any atom is 0.320 e. The van der Waals surface area contributed by atoms with Gasteiger partial charge in [0.25, 0.3) is 0 Å². The second-order valence-electron chi connectivity index (χ2n) is 7.80. The zero-order valence-electron chi connectivity index (χ0n) is 17.0. The summed E-state index contributed by atoms with van der Waals surface area (Å²) in [6.45, 7) is 5.58. The maximum atomic E-state index is 14.3. The summed E-state index contributed by atoms with van der Waals surface area (Å²) in [6, 6.07) is 11.7. The third-order valence-corrected chi connectivity index (χ3v) is 6.08. The number of rotatable bonds is 6. The van der Waals surface area contributed by atoms with Crippen molar-refractivity contribution in [2.24, 2.45) is 5.92 Å². The van der Waals surface area contributed by atoms with E-state index in [1.807, 2.05) is 73.7 Å². The molecule has 0 radical (unpaired) electrons. The monoisotopic (exact) mass is 525 g/mol. The van der Waals surface area contributed by atoms with Crippen LogP contribution in [0.3, 0.4) is 0 Å². The Hall–Kier alpha value is -2.20. The topological polar surface area (TPSA) is 81.7 Å². The number of benzene rings is 2. The van der Waals surface area contributed by atoms with Gasteiger partial charge in [0.15, 0.2) is 6.23 Å². The van der Waals surface area contributed by atoms with Crippen LogP contribution in [0.25, 0.3) is 0 Å². The van der Waals surface area contributed by atoms with E-state index in [0.29, 0.717) is 3.57 Å². The molecule has 6 nitrogen and oxygen atoms in total. The van der Waals surface area contributed by atoms with Crippen LogP contribution in [0.1, 0.15) is 32.3 Å². The lowest BCUT2D eigenvalue weighted by atomic mass is 9.91. The molecular weight excluding hydrogens is 500 g/mol. The number of halogens is 2. The number of carbonyl (C=O) groups excluding carboxylic acids is 2.